The van der Waals surface area contributed by atoms with Crippen LogP contribution in [0, 0.1) is 13.8 Å². The molecule has 0 aliphatic carbocycles. The summed E-state index contributed by atoms with van der Waals surface area (Å²) in [6, 6.07) is 9.00. The van der Waals surface area contributed by atoms with Gasteiger partial charge in [-0.1, -0.05) is 40.6 Å². The summed E-state index contributed by atoms with van der Waals surface area (Å²) in [5, 5.41) is 0.775. The van der Waals surface area contributed by atoms with Crippen LogP contribution in [0.4, 0.5) is 0 Å². The van der Waals surface area contributed by atoms with Crippen molar-refractivity contribution in [2.45, 2.75) is 20.4 Å². The van der Waals surface area contributed by atoms with Gasteiger partial charge in [-0.3, -0.25) is 4.79 Å². The number of ether oxygens (including phenoxy) is 1. The molecule has 0 aliphatic heterocycles. The molecule has 1 aromatic heterocycles. The Balaban J connectivity index is 2.17. The molecule has 0 fully saturated rings. The van der Waals surface area contributed by atoms with E-state index in [0.29, 0.717) is 33.6 Å². The minimum absolute atomic E-state index is 0.294. The maximum atomic E-state index is 12.7. The maximum Gasteiger partial charge on any atom is 0.281 e. The van der Waals surface area contributed by atoms with Gasteiger partial charge in [0.05, 0.1) is 27.4 Å². The third-order valence-electron chi connectivity index (χ3n) is 3.99. The molecule has 0 saturated carbocycles. The van der Waals surface area contributed by atoms with Crippen LogP contribution in [-0.2, 0) is 11.3 Å². The Bertz CT molecular complexity index is 1050. The fourth-order valence-electron chi connectivity index (χ4n) is 2.88. The zero-order valence-corrected chi connectivity index (χ0v) is 17.0. The monoisotopic (exact) mass is 408 g/mol. The lowest BCUT2D eigenvalue weighted by atomic mass is 10.1. The molecule has 1 heterocycles. The number of carbonyl (C=O) groups is 1. The maximum absolute atomic E-state index is 12.7. The van der Waals surface area contributed by atoms with Gasteiger partial charge in [-0.2, -0.15) is 4.99 Å². The molecule has 0 unspecified atom stereocenters. The van der Waals surface area contributed by atoms with E-state index in [4.69, 9.17) is 27.9 Å². The van der Waals surface area contributed by atoms with E-state index >= 15 is 0 Å². The van der Waals surface area contributed by atoms with Crippen molar-refractivity contribution in [2.24, 2.45) is 4.99 Å². The van der Waals surface area contributed by atoms with Crippen LogP contribution in [0.2, 0.25) is 10.0 Å². The summed E-state index contributed by atoms with van der Waals surface area (Å²) >= 11 is 13.5. The van der Waals surface area contributed by atoms with Crippen molar-refractivity contribution >= 4 is 50.7 Å². The SMILES string of the molecule is COCCn1c(=NC(=O)c2ccc(Cl)cc2Cl)sc2cc(C)cc(C)c21. The molecule has 0 bridgehead atoms. The fourth-order valence-corrected chi connectivity index (χ4v) is 4.60. The van der Waals surface area contributed by atoms with Gasteiger partial charge in [-0.25, -0.2) is 0 Å². The van der Waals surface area contributed by atoms with Crippen LogP contribution < -0.4 is 4.80 Å². The van der Waals surface area contributed by atoms with E-state index in [1.54, 1.807) is 25.3 Å². The van der Waals surface area contributed by atoms with Gasteiger partial charge in [0.25, 0.3) is 5.91 Å². The quantitative estimate of drug-likeness (QED) is 0.608. The molecule has 0 radical (unpaired) electrons. The molecule has 7 heteroatoms. The van der Waals surface area contributed by atoms with Crippen LogP contribution in [-0.4, -0.2) is 24.2 Å². The van der Waals surface area contributed by atoms with Crippen LogP contribution >= 0.6 is 34.5 Å². The molecule has 0 N–H and O–H groups in total. The average Bonchev–Trinajstić information content (AvgIpc) is 2.89. The Morgan fingerprint density at radius 2 is 2.00 bits per heavy atom. The molecule has 0 spiro atoms. The second-order valence-corrected chi connectivity index (χ2v) is 7.85. The molecular weight excluding hydrogens is 391 g/mol. The van der Waals surface area contributed by atoms with Crippen LogP contribution in [0.5, 0.6) is 0 Å². The van der Waals surface area contributed by atoms with Gasteiger partial charge in [-0.15, -0.1) is 0 Å². The predicted molar refractivity (Wildman–Crippen MR) is 108 cm³/mol. The standard InChI is InChI=1S/C19H18Cl2N2O2S/c1-11-8-12(2)17-16(9-11)26-19(23(17)6-7-25-3)22-18(24)14-5-4-13(20)10-15(14)21/h4-5,8-10H,6-7H2,1-3H3. The summed E-state index contributed by atoms with van der Waals surface area (Å²) in [5.74, 6) is -0.390. The van der Waals surface area contributed by atoms with E-state index in [2.05, 4.69) is 31.0 Å². The Hall–Kier alpha value is -1.66. The molecule has 0 aliphatic rings. The van der Waals surface area contributed by atoms with Crippen LogP contribution in [0.25, 0.3) is 10.2 Å². The predicted octanol–water partition coefficient (Wildman–Crippen LogP) is 5.01. The van der Waals surface area contributed by atoms with Crippen molar-refractivity contribution in [3.05, 3.63) is 61.9 Å². The minimum Gasteiger partial charge on any atom is -0.383 e. The van der Waals surface area contributed by atoms with Crippen LogP contribution in [0.15, 0.2) is 35.3 Å². The number of aryl methyl sites for hydroxylation is 2. The number of amides is 1. The second-order valence-electron chi connectivity index (χ2n) is 6.00. The summed E-state index contributed by atoms with van der Waals surface area (Å²) in [4.78, 5) is 17.6. The highest BCUT2D eigenvalue weighted by Crippen LogP contribution is 2.24. The lowest BCUT2D eigenvalue weighted by Gasteiger charge is -2.07. The van der Waals surface area contributed by atoms with Crippen molar-refractivity contribution in [1.29, 1.82) is 0 Å². The first-order valence-electron chi connectivity index (χ1n) is 8.04. The van der Waals surface area contributed by atoms with Gasteiger partial charge in [-0.05, 0) is 49.2 Å². The van der Waals surface area contributed by atoms with Crippen molar-refractivity contribution < 1.29 is 9.53 Å². The topological polar surface area (TPSA) is 43.6 Å². The molecule has 4 nitrogen and oxygen atoms in total. The lowest BCUT2D eigenvalue weighted by molar-refractivity contribution is 0.0997. The Morgan fingerprint density at radius 1 is 1.23 bits per heavy atom. The van der Waals surface area contributed by atoms with Gasteiger partial charge in [0.2, 0.25) is 0 Å². The summed E-state index contributed by atoms with van der Waals surface area (Å²) in [5.41, 5.74) is 3.73. The number of hydrogen-bond donors (Lipinski definition) is 0. The van der Waals surface area contributed by atoms with Crippen LogP contribution in [0.1, 0.15) is 21.5 Å². The molecule has 3 aromatic rings. The van der Waals surface area contributed by atoms with E-state index < -0.39 is 5.91 Å². The van der Waals surface area contributed by atoms with Gasteiger partial charge in [0.15, 0.2) is 4.80 Å². The van der Waals surface area contributed by atoms with Crippen molar-refractivity contribution in [2.75, 3.05) is 13.7 Å². The number of carbonyl (C=O) groups excluding carboxylic acids is 1. The summed E-state index contributed by atoms with van der Waals surface area (Å²) in [7, 11) is 1.65. The zero-order chi connectivity index (χ0) is 18.8. The molecule has 0 atom stereocenters. The number of fused-ring (bicyclic) bond motifs is 1. The van der Waals surface area contributed by atoms with Crippen molar-refractivity contribution in [3.8, 4) is 0 Å². The average molecular weight is 409 g/mol. The number of aromatic nitrogens is 1. The first kappa shape index (κ1) is 19.1. The van der Waals surface area contributed by atoms with E-state index in [9.17, 15) is 4.79 Å². The smallest absolute Gasteiger partial charge is 0.281 e. The Kier molecular flexibility index (Phi) is 5.82. The van der Waals surface area contributed by atoms with Gasteiger partial charge < -0.3 is 9.30 Å². The fraction of sp³-hybridized carbons (Fsp3) is 0.263. The van der Waals surface area contributed by atoms with Gasteiger partial charge >= 0.3 is 0 Å². The largest absolute Gasteiger partial charge is 0.383 e. The molecule has 1 amide bonds. The molecule has 26 heavy (non-hydrogen) atoms. The number of hydrogen-bond acceptors (Lipinski definition) is 3. The van der Waals surface area contributed by atoms with Crippen molar-refractivity contribution in [3.63, 3.8) is 0 Å². The van der Waals surface area contributed by atoms with E-state index in [1.165, 1.54) is 16.9 Å². The number of nitrogens with zero attached hydrogens (tertiary/aromatic N) is 2. The Morgan fingerprint density at radius 3 is 2.69 bits per heavy atom. The number of halogens is 2. The third-order valence-corrected chi connectivity index (χ3v) is 5.56. The third kappa shape index (κ3) is 3.86. The first-order chi connectivity index (χ1) is 12.4. The second kappa shape index (κ2) is 7.92. The van der Waals surface area contributed by atoms with E-state index in [0.717, 1.165) is 15.8 Å². The van der Waals surface area contributed by atoms with E-state index in [-0.39, 0.29) is 0 Å². The summed E-state index contributed by atoms with van der Waals surface area (Å²) in [6.45, 7) is 5.26. The number of benzene rings is 2. The molecule has 2 aromatic carbocycles. The van der Waals surface area contributed by atoms with Gasteiger partial charge in [0.1, 0.15) is 0 Å². The highest BCUT2D eigenvalue weighted by Gasteiger charge is 2.13. The van der Waals surface area contributed by atoms with E-state index in [1.807, 2.05) is 4.57 Å². The molecular formula is C19H18Cl2N2O2S. The summed E-state index contributed by atoms with van der Waals surface area (Å²) < 4.78 is 8.34. The Labute approximate surface area is 165 Å². The number of methoxy groups -OCH3 is 1. The first-order valence-corrected chi connectivity index (χ1v) is 9.61. The molecule has 0 saturated heterocycles. The van der Waals surface area contributed by atoms with Gasteiger partial charge in [0, 0.05) is 18.7 Å². The minimum atomic E-state index is -0.390. The highest BCUT2D eigenvalue weighted by molar-refractivity contribution is 7.16. The highest BCUT2D eigenvalue weighted by atomic mass is 35.5. The van der Waals surface area contributed by atoms with Crippen molar-refractivity contribution in [1.82, 2.24) is 4.57 Å². The number of thiazole rings is 1. The number of rotatable bonds is 4. The summed E-state index contributed by atoms with van der Waals surface area (Å²) in [6.07, 6.45) is 0. The van der Waals surface area contributed by atoms with Crippen LogP contribution in [0.3, 0.4) is 0 Å². The molecule has 3 rings (SSSR count). The zero-order valence-electron chi connectivity index (χ0n) is 14.7. The molecule has 136 valence electrons. The normalized spacial score (nSPS) is 12.1. The lowest BCUT2D eigenvalue weighted by Crippen LogP contribution is -2.19.